The van der Waals surface area contributed by atoms with Crippen molar-refractivity contribution in [3.63, 3.8) is 0 Å². The molecule has 5 nitrogen and oxygen atoms in total. The van der Waals surface area contributed by atoms with Crippen LogP contribution in [0, 0.1) is 11.6 Å². The molecule has 0 fully saturated rings. The van der Waals surface area contributed by atoms with E-state index in [0.29, 0.717) is 16.4 Å². The van der Waals surface area contributed by atoms with Crippen molar-refractivity contribution in [3.05, 3.63) is 65.8 Å². The Morgan fingerprint density at radius 1 is 1.22 bits per heavy atom. The van der Waals surface area contributed by atoms with Crippen molar-refractivity contribution in [1.29, 1.82) is 0 Å². The number of nitrogens with one attached hydrogen (secondary N) is 1. The second-order valence-electron chi connectivity index (χ2n) is 5.54. The first-order valence-corrected chi connectivity index (χ1v) is 9.72. The van der Waals surface area contributed by atoms with Crippen LogP contribution in [0.5, 0.6) is 0 Å². The largest absolute Gasteiger partial charge is 0.301 e. The smallest absolute Gasteiger partial charge is 0.236 e. The van der Waals surface area contributed by atoms with E-state index in [-0.39, 0.29) is 11.7 Å². The van der Waals surface area contributed by atoms with Crippen LogP contribution < -0.4 is 5.32 Å². The number of thioether (sulfide) groups is 1. The van der Waals surface area contributed by atoms with E-state index in [0.717, 1.165) is 22.8 Å². The van der Waals surface area contributed by atoms with Gasteiger partial charge in [-0.05, 0) is 30.3 Å². The number of halogens is 2. The van der Waals surface area contributed by atoms with Crippen LogP contribution >= 0.6 is 23.1 Å². The minimum Gasteiger partial charge on any atom is -0.301 e. The van der Waals surface area contributed by atoms with Gasteiger partial charge in [0.05, 0.1) is 23.2 Å². The maximum atomic E-state index is 13.3. The standard InChI is InChI=1S/C18H12F2N4OS2/c19-13-5-4-11(7-14(13)20)15-9-26-17(22-15)23-16(25)10-27-18-21-8-12-3-1-2-6-24(12)18/h1-9H,10H2,(H,22,23,25). The Labute approximate surface area is 161 Å². The summed E-state index contributed by atoms with van der Waals surface area (Å²) in [7, 11) is 0. The first-order valence-electron chi connectivity index (χ1n) is 7.86. The summed E-state index contributed by atoms with van der Waals surface area (Å²) in [4.78, 5) is 20.7. The van der Waals surface area contributed by atoms with E-state index in [9.17, 15) is 13.6 Å². The van der Waals surface area contributed by atoms with Gasteiger partial charge in [0.15, 0.2) is 21.9 Å². The zero-order valence-electron chi connectivity index (χ0n) is 13.7. The molecule has 0 atom stereocenters. The lowest BCUT2D eigenvalue weighted by Gasteiger charge is -2.02. The van der Waals surface area contributed by atoms with Gasteiger partial charge in [0.2, 0.25) is 5.91 Å². The number of amides is 1. The normalized spacial score (nSPS) is 11.0. The number of thiazole rings is 1. The molecule has 0 saturated heterocycles. The summed E-state index contributed by atoms with van der Waals surface area (Å²) in [5.74, 6) is -1.90. The number of carbonyl (C=O) groups is 1. The maximum absolute atomic E-state index is 13.3. The van der Waals surface area contributed by atoms with Gasteiger partial charge < -0.3 is 5.32 Å². The van der Waals surface area contributed by atoms with Gasteiger partial charge in [0.25, 0.3) is 0 Å². The Morgan fingerprint density at radius 3 is 2.96 bits per heavy atom. The highest BCUT2D eigenvalue weighted by molar-refractivity contribution is 7.99. The van der Waals surface area contributed by atoms with Crippen LogP contribution in [0.3, 0.4) is 0 Å². The second-order valence-corrected chi connectivity index (χ2v) is 7.34. The lowest BCUT2D eigenvalue weighted by atomic mass is 10.2. The third-order valence-electron chi connectivity index (χ3n) is 3.70. The average molecular weight is 402 g/mol. The number of pyridine rings is 1. The number of anilines is 1. The van der Waals surface area contributed by atoms with E-state index in [1.807, 2.05) is 28.8 Å². The molecule has 0 radical (unpaired) electrons. The Hall–Kier alpha value is -2.78. The summed E-state index contributed by atoms with van der Waals surface area (Å²) in [6.45, 7) is 0. The zero-order valence-corrected chi connectivity index (χ0v) is 15.4. The van der Waals surface area contributed by atoms with E-state index >= 15 is 0 Å². The summed E-state index contributed by atoms with van der Waals surface area (Å²) in [6, 6.07) is 9.33. The molecule has 1 N–H and O–H groups in total. The molecular formula is C18H12F2N4OS2. The molecule has 9 heteroatoms. The van der Waals surface area contributed by atoms with Crippen molar-refractivity contribution < 1.29 is 13.6 Å². The third-order valence-corrected chi connectivity index (χ3v) is 5.43. The predicted molar refractivity (Wildman–Crippen MR) is 102 cm³/mol. The Balaban J connectivity index is 1.40. The lowest BCUT2D eigenvalue weighted by Crippen LogP contribution is -2.14. The molecule has 136 valence electrons. The van der Waals surface area contributed by atoms with Gasteiger partial charge in [0, 0.05) is 17.1 Å². The molecule has 1 amide bonds. The molecule has 0 saturated carbocycles. The first-order chi connectivity index (χ1) is 13.1. The fourth-order valence-corrected chi connectivity index (χ4v) is 3.93. The Bertz CT molecular complexity index is 1130. The van der Waals surface area contributed by atoms with Crippen molar-refractivity contribution >= 4 is 39.7 Å². The van der Waals surface area contributed by atoms with Crippen molar-refractivity contribution in [2.75, 3.05) is 11.1 Å². The number of nitrogens with zero attached hydrogens (tertiary/aromatic N) is 3. The van der Waals surface area contributed by atoms with Gasteiger partial charge >= 0.3 is 0 Å². The van der Waals surface area contributed by atoms with E-state index in [4.69, 9.17) is 0 Å². The molecular weight excluding hydrogens is 390 g/mol. The van der Waals surface area contributed by atoms with Crippen LogP contribution in [0.2, 0.25) is 0 Å². The first kappa shape index (κ1) is 17.6. The van der Waals surface area contributed by atoms with Crippen molar-refractivity contribution in [3.8, 4) is 11.3 Å². The minimum atomic E-state index is -0.936. The molecule has 0 spiro atoms. The van der Waals surface area contributed by atoms with Crippen LogP contribution in [0.25, 0.3) is 16.8 Å². The number of imidazole rings is 1. The SMILES string of the molecule is O=C(CSc1ncc2ccccn12)Nc1nc(-c2ccc(F)c(F)c2)cs1. The van der Waals surface area contributed by atoms with E-state index < -0.39 is 11.6 Å². The fraction of sp³-hybridized carbons (Fsp3) is 0.0556. The molecule has 27 heavy (non-hydrogen) atoms. The number of hydrogen-bond donors (Lipinski definition) is 1. The van der Waals surface area contributed by atoms with E-state index in [2.05, 4.69) is 15.3 Å². The molecule has 3 aromatic heterocycles. The number of rotatable bonds is 5. The van der Waals surface area contributed by atoms with Crippen LogP contribution in [-0.4, -0.2) is 26.0 Å². The number of carbonyl (C=O) groups excluding carboxylic acids is 1. The highest BCUT2D eigenvalue weighted by Gasteiger charge is 2.12. The molecule has 3 heterocycles. The monoisotopic (exact) mass is 402 g/mol. The van der Waals surface area contributed by atoms with Gasteiger partial charge in [0.1, 0.15) is 0 Å². The van der Waals surface area contributed by atoms with E-state index in [1.165, 1.54) is 29.2 Å². The van der Waals surface area contributed by atoms with Crippen LogP contribution in [-0.2, 0) is 4.79 Å². The molecule has 0 aliphatic carbocycles. The maximum Gasteiger partial charge on any atom is 0.236 e. The number of aromatic nitrogens is 3. The highest BCUT2D eigenvalue weighted by atomic mass is 32.2. The zero-order chi connectivity index (χ0) is 18.8. The molecule has 0 aliphatic rings. The number of benzene rings is 1. The average Bonchev–Trinajstić information content (AvgIpc) is 3.29. The van der Waals surface area contributed by atoms with Gasteiger partial charge in [-0.3, -0.25) is 9.20 Å². The summed E-state index contributed by atoms with van der Waals surface area (Å²) in [5.41, 5.74) is 1.88. The van der Waals surface area contributed by atoms with Crippen molar-refractivity contribution in [1.82, 2.24) is 14.4 Å². The summed E-state index contributed by atoms with van der Waals surface area (Å²) in [5, 5.41) is 5.51. The third kappa shape index (κ3) is 3.83. The molecule has 4 rings (SSSR count). The van der Waals surface area contributed by atoms with E-state index in [1.54, 1.807) is 11.6 Å². The van der Waals surface area contributed by atoms with Crippen molar-refractivity contribution in [2.45, 2.75) is 5.16 Å². The van der Waals surface area contributed by atoms with Gasteiger partial charge in [-0.25, -0.2) is 18.7 Å². The summed E-state index contributed by atoms with van der Waals surface area (Å²) in [6.07, 6.45) is 3.63. The van der Waals surface area contributed by atoms with Crippen LogP contribution in [0.1, 0.15) is 0 Å². The topological polar surface area (TPSA) is 59.3 Å². The highest BCUT2D eigenvalue weighted by Crippen LogP contribution is 2.26. The Morgan fingerprint density at radius 2 is 2.11 bits per heavy atom. The fourth-order valence-electron chi connectivity index (χ4n) is 2.43. The Kier molecular flexibility index (Phi) is 4.87. The quantitative estimate of drug-likeness (QED) is 0.501. The number of fused-ring (bicyclic) bond motifs is 1. The molecule has 0 aliphatic heterocycles. The van der Waals surface area contributed by atoms with Crippen LogP contribution in [0.4, 0.5) is 13.9 Å². The summed E-state index contributed by atoms with van der Waals surface area (Å²) < 4.78 is 28.3. The molecule has 0 bridgehead atoms. The number of hydrogen-bond acceptors (Lipinski definition) is 5. The van der Waals surface area contributed by atoms with Gasteiger partial charge in [-0.15, -0.1) is 11.3 Å². The summed E-state index contributed by atoms with van der Waals surface area (Å²) >= 11 is 2.54. The second kappa shape index (κ2) is 7.45. The van der Waals surface area contributed by atoms with Gasteiger partial charge in [-0.2, -0.15) is 0 Å². The molecule has 1 aromatic carbocycles. The molecule has 0 unspecified atom stereocenters. The molecule has 4 aromatic rings. The lowest BCUT2D eigenvalue weighted by molar-refractivity contribution is -0.113. The predicted octanol–water partition coefficient (Wildman–Crippen LogP) is 4.47. The van der Waals surface area contributed by atoms with Crippen molar-refractivity contribution in [2.24, 2.45) is 0 Å². The van der Waals surface area contributed by atoms with Crippen LogP contribution in [0.15, 0.2) is 59.3 Å². The van der Waals surface area contributed by atoms with Gasteiger partial charge in [-0.1, -0.05) is 17.8 Å². The minimum absolute atomic E-state index is 0.175.